The largest absolute Gasteiger partial charge is 0.326 e. The lowest BCUT2D eigenvalue weighted by Crippen LogP contribution is -2.38. The lowest BCUT2D eigenvalue weighted by atomic mass is 9.73. The molecule has 2 atom stereocenters. The maximum Gasteiger partial charge on any atom is 0.237 e. The third kappa shape index (κ3) is 5.13. The molecule has 2 N–H and O–H groups in total. The number of nitriles is 1. The molecule has 0 aromatic carbocycles. The van der Waals surface area contributed by atoms with Gasteiger partial charge in [-0.3, -0.25) is 4.79 Å². The first-order valence-corrected chi connectivity index (χ1v) is 7.79. The zero-order chi connectivity index (χ0) is 15.2. The van der Waals surface area contributed by atoms with E-state index in [2.05, 4.69) is 26.8 Å². The van der Waals surface area contributed by atoms with Crippen LogP contribution in [0.4, 0.5) is 0 Å². The monoisotopic (exact) mass is 279 g/mol. The Balaban J connectivity index is 0.000000204. The third-order valence-corrected chi connectivity index (χ3v) is 4.35. The summed E-state index contributed by atoms with van der Waals surface area (Å²) in [5.74, 6) is 0.864. The number of hydrogen-bond acceptors (Lipinski definition) is 3. The summed E-state index contributed by atoms with van der Waals surface area (Å²) in [5, 5.41) is 8.60. The third-order valence-electron chi connectivity index (χ3n) is 4.35. The van der Waals surface area contributed by atoms with E-state index in [1.165, 1.54) is 25.7 Å². The van der Waals surface area contributed by atoms with Gasteiger partial charge in [0.1, 0.15) is 6.04 Å². The van der Waals surface area contributed by atoms with E-state index in [1.807, 2.05) is 0 Å². The van der Waals surface area contributed by atoms with E-state index in [9.17, 15) is 4.79 Å². The van der Waals surface area contributed by atoms with Crippen LogP contribution in [0.1, 0.15) is 59.3 Å². The van der Waals surface area contributed by atoms with Crippen LogP contribution >= 0.6 is 0 Å². The molecule has 1 saturated carbocycles. The van der Waals surface area contributed by atoms with Crippen LogP contribution in [0.2, 0.25) is 0 Å². The summed E-state index contributed by atoms with van der Waals surface area (Å²) in [7, 11) is 0. The highest BCUT2D eigenvalue weighted by Gasteiger charge is 2.27. The first-order chi connectivity index (χ1) is 9.39. The summed E-state index contributed by atoms with van der Waals surface area (Å²) >= 11 is 0. The van der Waals surface area contributed by atoms with Crippen molar-refractivity contribution in [1.82, 2.24) is 4.90 Å². The van der Waals surface area contributed by atoms with Crippen molar-refractivity contribution >= 4 is 5.91 Å². The van der Waals surface area contributed by atoms with Crippen LogP contribution < -0.4 is 5.73 Å². The Labute approximate surface area is 123 Å². The SMILES string of the molecule is CC1CCCC(C)(C)C1.N#CC1CCCN1C(=O)CN. The van der Waals surface area contributed by atoms with Crippen molar-refractivity contribution in [2.45, 2.75) is 65.3 Å². The molecule has 1 aliphatic carbocycles. The van der Waals surface area contributed by atoms with E-state index in [0.29, 0.717) is 12.0 Å². The Kier molecular flexibility index (Phi) is 6.48. The lowest BCUT2D eigenvalue weighted by Gasteiger charge is -2.33. The summed E-state index contributed by atoms with van der Waals surface area (Å²) in [6, 6.07) is 1.85. The van der Waals surface area contributed by atoms with Gasteiger partial charge in [-0.2, -0.15) is 5.26 Å². The van der Waals surface area contributed by atoms with Crippen molar-refractivity contribution in [2.75, 3.05) is 13.1 Å². The number of amides is 1. The second-order valence-electron chi connectivity index (χ2n) is 6.94. The molecule has 1 amide bonds. The average Bonchev–Trinajstić information content (AvgIpc) is 2.85. The Morgan fingerprint density at radius 2 is 2.10 bits per heavy atom. The molecular weight excluding hydrogens is 250 g/mol. The van der Waals surface area contributed by atoms with Gasteiger partial charge in [-0.25, -0.2) is 0 Å². The van der Waals surface area contributed by atoms with E-state index >= 15 is 0 Å². The molecule has 0 aromatic rings. The molecule has 20 heavy (non-hydrogen) atoms. The van der Waals surface area contributed by atoms with Crippen LogP contribution in [0.25, 0.3) is 0 Å². The lowest BCUT2D eigenvalue weighted by molar-refractivity contribution is -0.129. The fourth-order valence-corrected chi connectivity index (χ4v) is 3.39. The van der Waals surface area contributed by atoms with Gasteiger partial charge in [-0.05, 0) is 37.0 Å². The summed E-state index contributed by atoms with van der Waals surface area (Å²) < 4.78 is 0. The minimum absolute atomic E-state index is 0.0121. The molecule has 0 aromatic heterocycles. The molecule has 1 heterocycles. The van der Waals surface area contributed by atoms with Gasteiger partial charge in [0.05, 0.1) is 12.6 Å². The summed E-state index contributed by atoms with van der Waals surface area (Å²) in [5.41, 5.74) is 5.82. The van der Waals surface area contributed by atoms with Crippen LogP contribution in [-0.4, -0.2) is 29.9 Å². The molecule has 114 valence electrons. The predicted molar refractivity (Wildman–Crippen MR) is 80.8 cm³/mol. The second kappa shape index (κ2) is 7.64. The Bertz CT molecular complexity index is 359. The zero-order valence-electron chi connectivity index (χ0n) is 13.2. The molecule has 1 aliphatic heterocycles. The second-order valence-corrected chi connectivity index (χ2v) is 6.94. The fourth-order valence-electron chi connectivity index (χ4n) is 3.39. The van der Waals surface area contributed by atoms with Crippen molar-refractivity contribution in [3.8, 4) is 6.07 Å². The Hall–Kier alpha value is -1.08. The van der Waals surface area contributed by atoms with Gasteiger partial charge in [0.2, 0.25) is 5.91 Å². The van der Waals surface area contributed by atoms with E-state index in [4.69, 9.17) is 11.0 Å². The molecule has 2 unspecified atom stereocenters. The smallest absolute Gasteiger partial charge is 0.237 e. The molecule has 1 saturated heterocycles. The number of nitrogens with zero attached hydrogens (tertiary/aromatic N) is 2. The summed E-state index contributed by atoms with van der Waals surface area (Å²) in [4.78, 5) is 12.6. The standard InChI is InChI=1S/C9H18.C7H11N3O/c1-8-5-4-6-9(2,3)7-8;8-4-6-2-1-3-10(6)7(11)5-9/h8H,4-7H2,1-3H3;6H,1-3,5,9H2. The van der Waals surface area contributed by atoms with Crippen molar-refractivity contribution in [2.24, 2.45) is 17.1 Å². The molecule has 0 spiro atoms. The highest BCUT2D eigenvalue weighted by atomic mass is 16.2. The first kappa shape index (κ1) is 17.0. The van der Waals surface area contributed by atoms with Crippen LogP contribution in [0.5, 0.6) is 0 Å². The quantitative estimate of drug-likeness (QED) is 0.802. The van der Waals surface area contributed by atoms with Crippen LogP contribution in [0, 0.1) is 22.7 Å². The van der Waals surface area contributed by atoms with Crippen molar-refractivity contribution in [3.63, 3.8) is 0 Å². The van der Waals surface area contributed by atoms with Gasteiger partial charge in [-0.1, -0.05) is 33.6 Å². The maximum atomic E-state index is 11.0. The number of likely N-dealkylation sites (tertiary alicyclic amines) is 1. The van der Waals surface area contributed by atoms with Gasteiger partial charge < -0.3 is 10.6 Å². The van der Waals surface area contributed by atoms with Crippen LogP contribution in [0.3, 0.4) is 0 Å². The number of carbonyl (C=O) groups is 1. The van der Waals surface area contributed by atoms with Gasteiger partial charge in [-0.15, -0.1) is 0 Å². The van der Waals surface area contributed by atoms with E-state index in [1.54, 1.807) is 4.90 Å². The van der Waals surface area contributed by atoms with E-state index < -0.39 is 0 Å². The highest BCUT2D eigenvalue weighted by molar-refractivity contribution is 5.78. The van der Waals surface area contributed by atoms with Gasteiger partial charge in [0.15, 0.2) is 0 Å². The molecule has 4 heteroatoms. The van der Waals surface area contributed by atoms with E-state index in [0.717, 1.165) is 18.8 Å². The number of carbonyl (C=O) groups excluding carboxylic acids is 1. The van der Waals surface area contributed by atoms with Crippen LogP contribution in [0.15, 0.2) is 0 Å². The highest BCUT2D eigenvalue weighted by Crippen LogP contribution is 2.37. The first-order valence-electron chi connectivity index (χ1n) is 7.79. The molecule has 2 fully saturated rings. The normalized spacial score (nSPS) is 28.2. The van der Waals surface area contributed by atoms with Crippen LogP contribution in [-0.2, 0) is 4.79 Å². The van der Waals surface area contributed by atoms with Gasteiger partial charge in [0.25, 0.3) is 0 Å². The van der Waals surface area contributed by atoms with Gasteiger partial charge in [0, 0.05) is 6.54 Å². The van der Waals surface area contributed by atoms with Crippen molar-refractivity contribution < 1.29 is 4.79 Å². The molecule has 2 rings (SSSR count). The Morgan fingerprint density at radius 1 is 1.40 bits per heavy atom. The minimum atomic E-state index is -0.231. The number of hydrogen-bond donors (Lipinski definition) is 1. The van der Waals surface area contributed by atoms with Crippen molar-refractivity contribution in [1.29, 1.82) is 5.26 Å². The predicted octanol–water partition coefficient (Wildman–Crippen LogP) is 2.68. The molecular formula is C16H29N3O. The van der Waals surface area contributed by atoms with Crippen molar-refractivity contribution in [3.05, 3.63) is 0 Å². The average molecular weight is 279 g/mol. The van der Waals surface area contributed by atoms with E-state index in [-0.39, 0.29) is 18.5 Å². The fraction of sp³-hybridized carbons (Fsp3) is 0.875. The van der Waals surface area contributed by atoms with Gasteiger partial charge >= 0.3 is 0 Å². The topological polar surface area (TPSA) is 70.1 Å². The summed E-state index contributed by atoms with van der Waals surface area (Å²) in [6.07, 6.45) is 7.51. The summed E-state index contributed by atoms with van der Waals surface area (Å²) in [6.45, 7) is 7.86. The molecule has 0 bridgehead atoms. The molecule has 2 aliphatic rings. The Morgan fingerprint density at radius 3 is 2.55 bits per heavy atom. The zero-order valence-corrected chi connectivity index (χ0v) is 13.2. The molecule has 4 nitrogen and oxygen atoms in total. The molecule has 0 radical (unpaired) electrons. The number of rotatable bonds is 1. The maximum absolute atomic E-state index is 11.0. The minimum Gasteiger partial charge on any atom is -0.326 e. The number of nitrogens with two attached hydrogens (primary N) is 1.